The minimum Gasteiger partial charge on any atom is -0.391 e. The summed E-state index contributed by atoms with van der Waals surface area (Å²) in [7, 11) is 0. The zero-order chi connectivity index (χ0) is 14.8. The van der Waals surface area contributed by atoms with E-state index in [2.05, 4.69) is 4.90 Å². The fraction of sp³-hybridized carbons (Fsp3) is 0.600. The molecule has 1 unspecified atom stereocenters. The van der Waals surface area contributed by atoms with Gasteiger partial charge in [0, 0.05) is 25.0 Å². The molecule has 0 saturated carbocycles. The summed E-state index contributed by atoms with van der Waals surface area (Å²) in [5.41, 5.74) is -0.304. The molecular formula is C15H21F2NO2. The minimum absolute atomic E-state index is 0.0912. The SMILES string of the molecule is CC(C)(C(O)Cc1cc(F)ccc1F)N1CCOCC1. The fourth-order valence-corrected chi connectivity index (χ4v) is 2.51. The van der Waals surface area contributed by atoms with Crippen LogP contribution in [0.25, 0.3) is 0 Å². The van der Waals surface area contributed by atoms with Gasteiger partial charge >= 0.3 is 0 Å². The van der Waals surface area contributed by atoms with Gasteiger partial charge in [-0.25, -0.2) is 8.78 Å². The number of hydrogen-bond donors (Lipinski definition) is 1. The van der Waals surface area contributed by atoms with Gasteiger partial charge in [-0.05, 0) is 37.6 Å². The molecule has 3 nitrogen and oxygen atoms in total. The third-order valence-electron chi connectivity index (χ3n) is 4.06. The first-order chi connectivity index (χ1) is 9.41. The lowest BCUT2D eigenvalue weighted by molar-refractivity contribution is -0.0613. The Morgan fingerprint density at radius 2 is 1.95 bits per heavy atom. The van der Waals surface area contributed by atoms with E-state index in [-0.39, 0.29) is 12.0 Å². The van der Waals surface area contributed by atoms with Crippen molar-refractivity contribution in [2.24, 2.45) is 0 Å². The van der Waals surface area contributed by atoms with Crippen molar-refractivity contribution in [3.8, 4) is 0 Å². The summed E-state index contributed by atoms with van der Waals surface area (Å²) < 4.78 is 32.1. The molecule has 1 saturated heterocycles. The molecule has 112 valence electrons. The molecule has 1 fully saturated rings. The third kappa shape index (κ3) is 3.34. The minimum atomic E-state index is -0.781. The molecule has 2 rings (SSSR count). The van der Waals surface area contributed by atoms with Crippen LogP contribution in [0.5, 0.6) is 0 Å². The highest BCUT2D eigenvalue weighted by atomic mass is 19.1. The molecule has 0 aromatic heterocycles. The smallest absolute Gasteiger partial charge is 0.126 e. The third-order valence-corrected chi connectivity index (χ3v) is 4.06. The normalized spacial score (nSPS) is 19.1. The Bertz CT molecular complexity index is 459. The molecule has 0 radical (unpaired) electrons. The van der Waals surface area contributed by atoms with Gasteiger partial charge in [0.15, 0.2) is 0 Å². The Balaban J connectivity index is 2.09. The van der Waals surface area contributed by atoms with E-state index < -0.39 is 23.3 Å². The van der Waals surface area contributed by atoms with E-state index in [4.69, 9.17) is 4.74 Å². The number of ether oxygens (including phenoxy) is 1. The molecule has 0 amide bonds. The van der Waals surface area contributed by atoms with E-state index in [0.717, 1.165) is 31.3 Å². The van der Waals surface area contributed by atoms with Crippen LogP contribution in [0.1, 0.15) is 19.4 Å². The van der Waals surface area contributed by atoms with Gasteiger partial charge < -0.3 is 9.84 Å². The van der Waals surface area contributed by atoms with Gasteiger partial charge in [0.1, 0.15) is 11.6 Å². The largest absolute Gasteiger partial charge is 0.391 e. The van der Waals surface area contributed by atoms with Crippen molar-refractivity contribution in [2.45, 2.75) is 31.9 Å². The number of hydrogen-bond acceptors (Lipinski definition) is 3. The second kappa shape index (κ2) is 6.16. The summed E-state index contributed by atoms with van der Waals surface area (Å²) in [5.74, 6) is -0.971. The number of nitrogens with zero attached hydrogens (tertiary/aromatic N) is 1. The molecule has 1 aliphatic rings. The molecule has 1 aliphatic heterocycles. The standard InChI is InChI=1S/C15H21F2NO2/c1-15(2,18-5-7-20-8-6-18)14(19)10-11-9-12(16)3-4-13(11)17/h3-4,9,14,19H,5-8,10H2,1-2H3. The van der Waals surface area contributed by atoms with E-state index in [1.54, 1.807) is 0 Å². The number of morpholine rings is 1. The monoisotopic (exact) mass is 285 g/mol. The summed E-state index contributed by atoms with van der Waals surface area (Å²) in [6.45, 7) is 6.56. The zero-order valence-electron chi connectivity index (χ0n) is 11.9. The Morgan fingerprint density at radius 3 is 2.60 bits per heavy atom. The van der Waals surface area contributed by atoms with Crippen LogP contribution in [0.15, 0.2) is 18.2 Å². The Labute approximate surface area is 118 Å². The number of benzene rings is 1. The van der Waals surface area contributed by atoms with Gasteiger partial charge in [0.25, 0.3) is 0 Å². The number of aliphatic hydroxyl groups is 1. The van der Waals surface area contributed by atoms with Gasteiger partial charge in [-0.1, -0.05) is 0 Å². The molecule has 1 aromatic rings. The van der Waals surface area contributed by atoms with Crippen LogP contribution in [0.2, 0.25) is 0 Å². The molecule has 20 heavy (non-hydrogen) atoms. The maximum atomic E-state index is 13.6. The summed E-state index contributed by atoms with van der Waals surface area (Å²) in [6.07, 6.45) is -0.689. The first-order valence-electron chi connectivity index (χ1n) is 6.86. The van der Waals surface area contributed by atoms with Gasteiger partial charge in [0.05, 0.1) is 19.3 Å². The molecular weight excluding hydrogens is 264 g/mol. The maximum absolute atomic E-state index is 13.6. The molecule has 5 heteroatoms. The Hall–Kier alpha value is -1.04. The van der Waals surface area contributed by atoms with Gasteiger partial charge in [-0.2, -0.15) is 0 Å². The predicted molar refractivity (Wildman–Crippen MR) is 72.5 cm³/mol. The van der Waals surface area contributed by atoms with E-state index >= 15 is 0 Å². The average Bonchev–Trinajstić information content (AvgIpc) is 2.43. The van der Waals surface area contributed by atoms with Crippen LogP contribution in [0, 0.1) is 11.6 Å². The van der Waals surface area contributed by atoms with Crippen LogP contribution in [0.3, 0.4) is 0 Å². The predicted octanol–water partition coefficient (Wildman–Crippen LogP) is 1.98. The number of halogens is 2. The topological polar surface area (TPSA) is 32.7 Å². The highest BCUT2D eigenvalue weighted by molar-refractivity contribution is 5.20. The van der Waals surface area contributed by atoms with Crippen LogP contribution in [0.4, 0.5) is 8.78 Å². The average molecular weight is 285 g/mol. The lowest BCUT2D eigenvalue weighted by atomic mass is 9.89. The summed E-state index contributed by atoms with van der Waals surface area (Å²) in [5, 5.41) is 10.4. The van der Waals surface area contributed by atoms with Crippen molar-refractivity contribution in [1.82, 2.24) is 4.90 Å². The second-order valence-electron chi connectivity index (χ2n) is 5.71. The van der Waals surface area contributed by atoms with Crippen LogP contribution in [-0.2, 0) is 11.2 Å². The second-order valence-corrected chi connectivity index (χ2v) is 5.71. The number of rotatable bonds is 4. The first-order valence-corrected chi connectivity index (χ1v) is 6.86. The maximum Gasteiger partial charge on any atom is 0.126 e. The molecule has 0 spiro atoms. The first kappa shape index (κ1) is 15.4. The molecule has 0 bridgehead atoms. The quantitative estimate of drug-likeness (QED) is 0.918. The van der Waals surface area contributed by atoms with Crippen molar-refractivity contribution >= 4 is 0 Å². The fourth-order valence-electron chi connectivity index (χ4n) is 2.51. The van der Waals surface area contributed by atoms with E-state index in [0.29, 0.717) is 13.2 Å². The highest BCUT2D eigenvalue weighted by Gasteiger charge is 2.35. The molecule has 1 atom stereocenters. The van der Waals surface area contributed by atoms with Crippen LogP contribution < -0.4 is 0 Å². The molecule has 1 aromatic carbocycles. The van der Waals surface area contributed by atoms with Crippen molar-refractivity contribution in [3.63, 3.8) is 0 Å². The highest BCUT2D eigenvalue weighted by Crippen LogP contribution is 2.24. The van der Waals surface area contributed by atoms with Crippen LogP contribution >= 0.6 is 0 Å². The van der Waals surface area contributed by atoms with E-state index in [1.165, 1.54) is 0 Å². The van der Waals surface area contributed by atoms with E-state index in [9.17, 15) is 13.9 Å². The van der Waals surface area contributed by atoms with Crippen molar-refractivity contribution < 1.29 is 18.6 Å². The molecule has 1 N–H and O–H groups in total. The van der Waals surface area contributed by atoms with E-state index in [1.807, 2.05) is 13.8 Å². The summed E-state index contributed by atoms with van der Waals surface area (Å²) in [4.78, 5) is 2.12. The molecule has 0 aliphatic carbocycles. The van der Waals surface area contributed by atoms with Crippen molar-refractivity contribution in [2.75, 3.05) is 26.3 Å². The molecule has 1 heterocycles. The van der Waals surface area contributed by atoms with Crippen molar-refractivity contribution in [1.29, 1.82) is 0 Å². The van der Waals surface area contributed by atoms with Crippen molar-refractivity contribution in [3.05, 3.63) is 35.4 Å². The number of aliphatic hydroxyl groups excluding tert-OH is 1. The Morgan fingerprint density at radius 1 is 1.30 bits per heavy atom. The van der Waals surface area contributed by atoms with Gasteiger partial charge in [-0.15, -0.1) is 0 Å². The summed E-state index contributed by atoms with van der Waals surface area (Å²) >= 11 is 0. The Kier molecular flexibility index (Phi) is 4.73. The van der Waals surface area contributed by atoms with Gasteiger partial charge in [-0.3, -0.25) is 4.90 Å². The zero-order valence-corrected chi connectivity index (χ0v) is 11.9. The van der Waals surface area contributed by atoms with Crippen LogP contribution in [-0.4, -0.2) is 48.0 Å². The summed E-state index contributed by atoms with van der Waals surface area (Å²) in [6, 6.07) is 3.32. The lowest BCUT2D eigenvalue weighted by Gasteiger charge is -2.43. The van der Waals surface area contributed by atoms with Gasteiger partial charge in [0.2, 0.25) is 0 Å². The lowest BCUT2D eigenvalue weighted by Crippen LogP contribution is -2.56.